The van der Waals surface area contributed by atoms with Gasteiger partial charge in [-0.15, -0.1) is 0 Å². The lowest BCUT2D eigenvalue weighted by Gasteiger charge is -2.20. The molecule has 2 nitrogen and oxygen atoms in total. The van der Waals surface area contributed by atoms with Crippen molar-refractivity contribution in [1.29, 1.82) is 0 Å². The van der Waals surface area contributed by atoms with E-state index in [1.54, 1.807) is 0 Å². The number of hydrogen-bond donors (Lipinski definition) is 1. The molecule has 0 unspecified atom stereocenters. The highest BCUT2D eigenvalue weighted by Gasteiger charge is 2.17. The summed E-state index contributed by atoms with van der Waals surface area (Å²) in [5.74, 6) is 0.141. The van der Waals surface area contributed by atoms with Crippen LogP contribution in [0.15, 0.2) is 18.2 Å². The number of carbonyl (C=O) groups excluding carboxylic acids is 1. The highest BCUT2D eigenvalue weighted by molar-refractivity contribution is 5.92. The summed E-state index contributed by atoms with van der Waals surface area (Å²) in [6.45, 7) is 6.64. The van der Waals surface area contributed by atoms with E-state index in [0.717, 1.165) is 18.5 Å². The molecular formula is C14H19NO. The molecule has 1 heterocycles. The first-order valence-corrected chi connectivity index (χ1v) is 5.90. The summed E-state index contributed by atoms with van der Waals surface area (Å²) in [6.07, 6.45) is 2.59. The Labute approximate surface area is 97.1 Å². The van der Waals surface area contributed by atoms with E-state index in [1.807, 2.05) is 6.07 Å². The van der Waals surface area contributed by atoms with Gasteiger partial charge in [0.1, 0.15) is 0 Å². The SMILES string of the molecule is CC(C)(C)c1ccc2c(c1)CCCC(=O)N2. The van der Waals surface area contributed by atoms with Crippen molar-refractivity contribution in [3.63, 3.8) is 0 Å². The molecule has 1 aromatic carbocycles. The minimum atomic E-state index is 0.141. The van der Waals surface area contributed by atoms with Crippen LogP contribution in [0.1, 0.15) is 44.7 Å². The minimum absolute atomic E-state index is 0.141. The van der Waals surface area contributed by atoms with Gasteiger partial charge in [0.15, 0.2) is 0 Å². The third-order valence-corrected chi connectivity index (χ3v) is 3.10. The molecule has 0 aliphatic carbocycles. The minimum Gasteiger partial charge on any atom is -0.326 e. The number of amides is 1. The smallest absolute Gasteiger partial charge is 0.224 e. The average Bonchev–Trinajstić information content (AvgIpc) is 2.35. The summed E-state index contributed by atoms with van der Waals surface area (Å²) in [6, 6.07) is 6.39. The Morgan fingerprint density at radius 2 is 1.94 bits per heavy atom. The zero-order chi connectivity index (χ0) is 11.8. The Hall–Kier alpha value is -1.31. The molecule has 0 atom stereocenters. The molecule has 2 heteroatoms. The molecule has 1 aromatic rings. The van der Waals surface area contributed by atoms with Gasteiger partial charge >= 0.3 is 0 Å². The normalized spacial score (nSPS) is 16.3. The van der Waals surface area contributed by atoms with Gasteiger partial charge in [0.25, 0.3) is 0 Å². The van der Waals surface area contributed by atoms with E-state index in [0.29, 0.717) is 6.42 Å². The van der Waals surface area contributed by atoms with Crippen molar-refractivity contribution >= 4 is 11.6 Å². The van der Waals surface area contributed by atoms with E-state index in [4.69, 9.17) is 0 Å². The Morgan fingerprint density at radius 3 is 2.62 bits per heavy atom. The molecule has 0 saturated heterocycles. The van der Waals surface area contributed by atoms with Crippen LogP contribution in [0.3, 0.4) is 0 Å². The van der Waals surface area contributed by atoms with Crippen LogP contribution in [0.2, 0.25) is 0 Å². The van der Waals surface area contributed by atoms with Crippen LogP contribution in [0.5, 0.6) is 0 Å². The quantitative estimate of drug-likeness (QED) is 0.710. The predicted molar refractivity (Wildman–Crippen MR) is 66.7 cm³/mol. The van der Waals surface area contributed by atoms with Crippen molar-refractivity contribution in [3.05, 3.63) is 29.3 Å². The number of aryl methyl sites for hydroxylation is 1. The third kappa shape index (κ3) is 2.26. The van der Waals surface area contributed by atoms with Gasteiger partial charge in [-0.25, -0.2) is 0 Å². The van der Waals surface area contributed by atoms with Crippen LogP contribution in [-0.2, 0) is 16.6 Å². The zero-order valence-corrected chi connectivity index (χ0v) is 10.3. The average molecular weight is 217 g/mol. The van der Waals surface area contributed by atoms with Crippen molar-refractivity contribution in [1.82, 2.24) is 0 Å². The second-order valence-electron chi connectivity index (χ2n) is 5.52. The molecule has 0 spiro atoms. The molecule has 0 fully saturated rings. The molecule has 16 heavy (non-hydrogen) atoms. The van der Waals surface area contributed by atoms with Crippen LogP contribution >= 0.6 is 0 Å². The molecule has 2 rings (SSSR count). The van der Waals surface area contributed by atoms with Crippen LogP contribution in [0.25, 0.3) is 0 Å². The summed E-state index contributed by atoms with van der Waals surface area (Å²) in [5, 5.41) is 2.96. The molecule has 1 amide bonds. The van der Waals surface area contributed by atoms with Gasteiger partial charge in [-0.2, -0.15) is 0 Å². The monoisotopic (exact) mass is 217 g/mol. The number of rotatable bonds is 0. The highest BCUT2D eigenvalue weighted by atomic mass is 16.1. The summed E-state index contributed by atoms with van der Waals surface area (Å²) >= 11 is 0. The molecule has 0 aromatic heterocycles. The lowest BCUT2D eigenvalue weighted by atomic mass is 9.85. The lowest BCUT2D eigenvalue weighted by molar-refractivity contribution is -0.116. The number of anilines is 1. The van der Waals surface area contributed by atoms with E-state index in [9.17, 15) is 4.79 Å². The third-order valence-electron chi connectivity index (χ3n) is 3.10. The first kappa shape index (κ1) is 11.2. The molecule has 0 bridgehead atoms. The molecule has 0 radical (unpaired) electrons. The van der Waals surface area contributed by atoms with E-state index < -0.39 is 0 Å². The summed E-state index contributed by atoms with van der Waals surface area (Å²) in [7, 11) is 0. The van der Waals surface area contributed by atoms with Crippen molar-refractivity contribution in [3.8, 4) is 0 Å². The van der Waals surface area contributed by atoms with E-state index in [2.05, 4.69) is 38.2 Å². The Kier molecular flexibility index (Phi) is 2.75. The fourth-order valence-corrected chi connectivity index (χ4v) is 2.04. The van der Waals surface area contributed by atoms with Gasteiger partial charge in [-0.05, 0) is 35.4 Å². The first-order chi connectivity index (χ1) is 7.47. The summed E-state index contributed by atoms with van der Waals surface area (Å²) in [4.78, 5) is 11.4. The molecule has 86 valence electrons. The standard InChI is InChI=1S/C14H19NO/c1-14(2,3)11-7-8-12-10(9-11)5-4-6-13(16)15-12/h7-9H,4-6H2,1-3H3,(H,15,16). The molecule has 1 aliphatic rings. The first-order valence-electron chi connectivity index (χ1n) is 5.90. The van der Waals surface area contributed by atoms with Crippen molar-refractivity contribution in [2.45, 2.75) is 45.4 Å². The number of benzene rings is 1. The van der Waals surface area contributed by atoms with Crippen LogP contribution in [-0.4, -0.2) is 5.91 Å². The fourth-order valence-electron chi connectivity index (χ4n) is 2.04. The van der Waals surface area contributed by atoms with Gasteiger partial charge in [0, 0.05) is 12.1 Å². The van der Waals surface area contributed by atoms with Gasteiger partial charge in [0.05, 0.1) is 0 Å². The van der Waals surface area contributed by atoms with Crippen LogP contribution < -0.4 is 5.32 Å². The van der Waals surface area contributed by atoms with Gasteiger partial charge in [-0.1, -0.05) is 32.9 Å². The number of carbonyl (C=O) groups is 1. The lowest BCUT2D eigenvalue weighted by Crippen LogP contribution is -2.13. The Morgan fingerprint density at radius 1 is 1.19 bits per heavy atom. The zero-order valence-electron chi connectivity index (χ0n) is 10.3. The predicted octanol–water partition coefficient (Wildman–Crippen LogP) is 3.26. The summed E-state index contributed by atoms with van der Waals surface area (Å²) < 4.78 is 0. The number of hydrogen-bond acceptors (Lipinski definition) is 1. The molecule has 1 aliphatic heterocycles. The van der Waals surface area contributed by atoms with Crippen molar-refractivity contribution < 1.29 is 4.79 Å². The fraction of sp³-hybridized carbons (Fsp3) is 0.500. The molecular weight excluding hydrogens is 198 g/mol. The largest absolute Gasteiger partial charge is 0.326 e. The Balaban J connectivity index is 2.39. The van der Waals surface area contributed by atoms with Crippen molar-refractivity contribution in [2.75, 3.05) is 5.32 Å². The molecule has 0 saturated carbocycles. The number of fused-ring (bicyclic) bond motifs is 1. The van der Waals surface area contributed by atoms with Crippen molar-refractivity contribution in [2.24, 2.45) is 0 Å². The number of nitrogens with one attached hydrogen (secondary N) is 1. The second-order valence-corrected chi connectivity index (χ2v) is 5.52. The summed E-state index contributed by atoms with van der Waals surface area (Å²) in [5.41, 5.74) is 3.78. The maximum atomic E-state index is 11.4. The van der Waals surface area contributed by atoms with E-state index >= 15 is 0 Å². The maximum absolute atomic E-state index is 11.4. The highest BCUT2D eigenvalue weighted by Crippen LogP contribution is 2.29. The van der Waals surface area contributed by atoms with Crippen LogP contribution in [0.4, 0.5) is 5.69 Å². The van der Waals surface area contributed by atoms with Gasteiger partial charge < -0.3 is 5.32 Å². The topological polar surface area (TPSA) is 29.1 Å². The van der Waals surface area contributed by atoms with Gasteiger partial charge in [-0.3, -0.25) is 4.79 Å². The Bertz CT molecular complexity index is 415. The van der Waals surface area contributed by atoms with E-state index in [-0.39, 0.29) is 11.3 Å². The van der Waals surface area contributed by atoms with E-state index in [1.165, 1.54) is 11.1 Å². The molecule has 1 N–H and O–H groups in total. The van der Waals surface area contributed by atoms with Crippen LogP contribution in [0, 0.1) is 0 Å². The second kappa shape index (κ2) is 3.93. The van der Waals surface area contributed by atoms with Gasteiger partial charge in [0.2, 0.25) is 5.91 Å². The maximum Gasteiger partial charge on any atom is 0.224 e.